The molecule has 3 heteroatoms. The van der Waals surface area contributed by atoms with Crippen LogP contribution in [0.5, 0.6) is 0 Å². The zero-order valence-electron chi connectivity index (χ0n) is 9.30. The molecule has 0 aromatic rings. The Balaban J connectivity index is 2.43. The Bertz CT molecular complexity index is 217. The summed E-state index contributed by atoms with van der Waals surface area (Å²) in [7, 11) is 0. The molecule has 0 aliphatic heterocycles. The minimum absolute atomic E-state index is 0.254. The standard InChI is InChI=1S/C11H20O3/c1-4-5-8-14-9(12)11(3,13)10(2)6-7-10/h13H,4-8H2,1-3H3. The number of ether oxygens (including phenoxy) is 1. The summed E-state index contributed by atoms with van der Waals surface area (Å²) in [5.74, 6) is -0.467. The number of esters is 1. The van der Waals surface area contributed by atoms with E-state index in [9.17, 15) is 9.90 Å². The predicted molar refractivity (Wildman–Crippen MR) is 53.8 cm³/mol. The first-order valence-electron chi connectivity index (χ1n) is 5.33. The number of carbonyl (C=O) groups is 1. The predicted octanol–water partition coefficient (Wildman–Crippen LogP) is 1.88. The summed E-state index contributed by atoms with van der Waals surface area (Å²) in [6, 6.07) is 0. The van der Waals surface area contributed by atoms with Crippen molar-refractivity contribution in [2.75, 3.05) is 6.61 Å². The van der Waals surface area contributed by atoms with E-state index in [1.165, 1.54) is 0 Å². The topological polar surface area (TPSA) is 46.5 Å². The minimum Gasteiger partial charge on any atom is -0.464 e. The lowest BCUT2D eigenvalue weighted by molar-refractivity contribution is -0.170. The molecule has 1 N–H and O–H groups in total. The molecule has 0 bridgehead atoms. The van der Waals surface area contributed by atoms with Crippen LogP contribution in [0.2, 0.25) is 0 Å². The van der Waals surface area contributed by atoms with E-state index in [2.05, 4.69) is 0 Å². The average Bonchev–Trinajstić information content (AvgIpc) is 2.85. The molecule has 0 aromatic heterocycles. The second-order valence-electron chi connectivity index (χ2n) is 4.62. The van der Waals surface area contributed by atoms with Crippen molar-refractivity contribution in [3.05, 3.63) is 0 Å². The van der Waals surface area contributed by atoms with E-state index in [0.717, 1.165) is 25.7 Å². The van der Waals surface area contributed by atoms with Crippen LogP contribution in [0.25, 0.3) is 0 Å². The number of hydrogen-bond donors (Lipinski definition) is 1. The highest BCUT2D eigenvalue weighted by Gasteiger charge is 2.57. The fourth-order valence-electron chi connectivity index (χ4n) is 1.37. The zero-order valence-corrected chi connectivity index (χ0v) is 9.30. The van der Waals surface area contributed by atoms with Gasteiger partial charge in [-0.05, 0) is 26.2 Å². The van der Waals surface area contributed by atoms with Crippen LogP contribution in [0.3, 0.4) is 0 Å². The summed E-state index contributed by atoms with van der Waals surface area (Å²) in [6.45, 7) is 5.94. The highest BCUT2D eigenvalue weighted by Crippen LogP contribution is 2.53. The third kappa shape index (κ3) is 2.08. The lowest BCUT2D eigenvalue weighted by Crippen LogP contribution is -2.44. The highest BCUT2D eigenvalue weighted by molar-refractivity contribution is 5.80. The molecule has 0 amide bonds. The molecule has 14 heavy (non-hydrogen) atoms. The van der Waals surface area contributed by atoms with Gasteiger partial charge < -0.3 is 9.84 Å². The molecule has 1 aliphatic rings. The molecular weight excluding hydrogens is 180 g/mol. The summed E-state index contributed by atoms with van der Waals surface area (Å²) < 4.78 is 5.02. The van der Waals surface area contributed by atoms with Crippen molar-refractivity contribution in [2.24, 2.45) is 5.41 Å². The molecule has 1 saturated carbocycles. The molecule has 0 saturated heterocycles. The van der Waals surface area contributed by atoms with Crippen LogP contribution >= 0.6 is 0 Å². The Morgan fingerprint density at radius 1 is 1.57 bits per heavy atom. The van der Waals surface area contributed by atoms with Crippen LogP contribution in [0.15, 0.2) is 0 Å². The van der Waals surface area contributed by atoms with Crippen LogP contribution in [0.4, 0.5) is 0 Å². The van der Waals surface area contributed by atoms with E-state index >= 15 is 0 Å². The summed E-state index contributed by atoms with van der Waals surface area (Å²) in [4.78, 5) is 11.6. The maximum Gasteiger partial charge on any atom is 0.338 e. The van der Waals surface area contributed by atoms with Crippen molar-refractivity contribution < 1.29 is 14.6 Å². The Morgan fingerprint density at radius 2 is 2.14 bits per heavy atom. The molecule has 1 atom stereocenters. The Hall–Kier alpha value is -0.570. The van der Waals surface area contributed by atoms with Gasteiger partial charge in [0.05, 0.1) is 6.61 Å². The molecule has 0 heterocycles. The second-order valence-corrected chi connectivity index (χ2v) is 4.62. The number of unbranched alkanes of at least 4 members (excludes halogenated alkanes) is 1. The lowest BCUT2D eigenvalue weighted by Gasteiger charge is -2.27. The van der Waals surface area contributed by atoms with Crippen LogP contribution in [0.1, 0.15) is 46.5 Å². The SMILES string of the molecule is CCCCOC(=O)C(C)(O)C1(C)CC1. The molecule has 3 nitrogen and oxygen atoms in total. The van der Waals surface area contributed by atoms with E-state index in [1.807, 2.05) is 13.8 Å². The van der Waals surface area contributed by atoms with E-state index in [0.29, 0.717) is 6.61 Å². The van der Waals surface area contributed by atoms with Gasteiger partial charge in [-0.1, -0.05) is 20.3 Å². The van der Waals surface area contributed by atoms with E-state index in [4.69, 9.17) is 4.74 Å². The monoisotopic (exact) mass is 200 g/mol. The van der Waals surface area contributed by atoms with Crippen molar-refractivity contribution in [3.63, 3.8) is 0 Å². The van der Waals surface area contributed by atoms with Gasteiger partial charge in [-0.3, -0.25) is 0 Å². The van der Waals surface area contributed by atoms with Crippen molar-refractivity contribution in [1.82, 2.24) is 0 Å². The maximum atomic E-state index is 11.6. The van der Waals surface area contributed by atoms with Gasteiger partial charge in [-0.25, -0.2) is 4.79 Å². The maximum absolute atomic E-state index is 11.6. The molecule has 1 aliphatic carbocycles. The van der Waals surface area contributed by atoms with E-state index < -0.39 is 11.6 Å². The first-order valence-corrected chi connectivity index (χ1v) is 5.33. The van der Waals surface area contributed by atoms with Gasteiger partial charge in [0.2, 0.25) is 0 Å². The molecular formula is C11H20O3. The third-order valence-corrected chi connectivity index (χ3v) is 3.30. The fourth-order valence-corrected chi connectivity index (χ4v) is 1.37. The minimum atomic E-state index is -1.30. The molecule has 1 fully saturated rings. The Kier molecular flexibility index (Phi) is 3.20. The Morgan fingerprint density at radius 3 is 2.57 bits per heavy atom. The van der Waals surface area contributed by atoms with Gasteiger partial charge in [0.15, 0.2) is 5.60 Å². The molecule has 0 aromatic carbocycles. The third-order valence-electron chi connectivity index (χ3n) is 3.30. The molecule has 0 radical (unpaired) electrons. The smallest absolute Gasteiger partial charge is 0.338 e. The van der Waals surface area contributed by atoms with Crippen LogP contribution in [0, 0.1) is 5.41 Å². The summed E-state index contributed by atoms with van der Waals surface area (Å²) >= 11 is 0. The van der Waals surface area contributed by atoms with Crippen molar-refractivity contribution >= 4 is 5.97 Å². The van der Waals surface area contributed by atoms with Crippen molar-refractivity contribution in [1.29, 1.82) is 0 Å². The van der Waals surface area contributed by atoms with Crippen molar-refractivity contribution in [3.8, 4) is 0 Å². The first-order chi connectivity index (χ1) is 6.44. The van der Waals surface area contributed by atoms with Crippen molar-refractivity contribution in [2.45, 2.75) is 52.1 Å². The van der Waals surface area contributed by atoms with Gasteiger partial charge in [0.25, 0.3) is 0 Å². The van der Waals surface area contributed by atoms with Gasteiger partial charge in [-0.15, -0.1) is 0 Å². The van der Waals surface area contributed by atoms with Crippen LogP contribution in [-0.4, -0.2) is 23.3 Å². The van der Waals surface area contributed by atoms with Crippen LogP contribution < -0.4 is 0 Å². The summed E-state index contributed by atoms with van der Waals surface area (Å²) in [6.07, 6.45) is 3.66. The van der Waals surface area contributed by atoms with Gasteiger partial charge in [0.1, 0.15) is 0 Å². The van der Waals surface area contributed by atoms with E-state index in [1.54, 1.807) is 6.92 Å². The number of carbonyl (C=O) groups excluding carboxylic acids is 1. The first kappa shape index (κ1) is 11.5. The Labute approximate surface area is 85.5 Å². The molecule has 1 rings (SSSR count). The summed E-state index contributed by atoms with van der Waals surface area (Å²) in [5, 5.41) is 10.0. The number of rotatable bonds is 5. The second kappa shape index (κ2) is 3.89. The fraction of sp³-hybridized carbons (Fsp3) is 0.909. The highest BCUT2D eigenvalue weighted by atomic mass is 16.5. The lowest BCUT2D eigenvalue weighted by atomic mass is 9.88. The quantitative estimate of drug-likeness (QED) is 0.544. The zero-order chi connectivity index (χ0) is 10.8. The molecule has 0 spiro atoms. The van der Waals surface area contributed by atoms with Gasteiger partial charge in [0, 0.05) is 5.41 Å². The molecule has 1 unspecified atom stereocenters. The normalized spacial score (nSPS) is 22.6. The van der Waals surface area contributed by atoms with Gasteiger partial charge in [-0.2, -0.15) is 0 Å². The van der Waals surface area contributed by atoms with Gasteiger partial charge >= 0.3 is 5.97 Å². The average molecular weight is 200 g/mol. The molecule has 82 valence electrons. The largest absolute Gasteiger partial charge is 0.464 e. The van der Waals surface area contributed by atoms with Crippen LogP contribution in [-0.2, 0) is 9.53 Å². The summed E-state index contributed by atoms with van der Waals surface area (Å²) in [5.41, 5.74) is -1.56. The number of aliphatic hydroxyl groups is 1. The number of hydrogen-bond acceptors (Lipinski definition) is 3. The van der Waals surface area contributed by atoms with E-state index in [-0.39, 0.29) is 5.41 Å².